The lowest BCUT2D eigenvalue weighted by atomic mass is 10.1. The summed E-state index contributed by atoms with van der Waals surface area (Å²) < 4.78 is 32.1. The molecule has 0 aromatic carbocycles. The Hall–Kier alpha value is -1.09. The molecule has 3 heterocycles. The minimum Gasteiger partial charge on any atom is -0.455 e. The minimum absolute atomic E-state index is 0. The summed E-state index contributed by atoms with van der Waals surface area (Å²) in [5.41, 5.74) is 0. The second-order valence-corrected chi connectivity index (χ2v) is 8.45. The van der Waals surface area contributed by atoms with Crippen molar-refractivity contribution < 1.29 is 17.6 Å². The maximum atomic E-state index is 12.6. The van der Waals surface area contributed by atoms with Gasteiger partial charge >= 0.3 is 0 Å². The van der Waals surface area contributed by atoms with Crippen molar-refractivity contribution in [1.82, 2.24) is 14.9 Å². The smallest absolute Gasteiger partial charge is 0.287 e. The van der Waals surface area contributed by atoms with Gasteiger partial charge in [-0.2, -0.15) is 4.31 Å². The normalized spacial score (nSPS) is 21.2. The molecule has 2 aliphatic heterocycles. The van der Waals surface area contributed by atoms with Crippen molar-refractivity contribution in [1.29, 1.82) is 0 Å². The number of carbonyl (C=O) groups is 1. The Bertz CT molecular complexity index is 692. The van der Waals surface area contributed by atoms with Gasteiger partial charge in [0, 0.05) is 25.7 Å². The molecule has 3 rings (SSSR count). The predicted octanol–water partition coefficient (Wildman–Crippen LogP) is 1.52. The van der Waals surface area contributed by atoms with Crippen molar-refractivity contribution in [3.05, 3.63) is 17.6 Å². The number of nitrogens with one attached hydrogen (secondary N) is 2. The van der Waals surface area contributed by atoms with E-state index in [0.717, 1.165) is 38.8 Å². The summed E-state index contributed by atoms with van der Waals surface area (Å²) >= 11 is 0. The summed E-state index contributed by atoms with van der Waals surface area (Å²) in [5.74, 6) is 0.573. The first kappa shape index (κ1) is 20.2. The van der Waals surface area contributed by atoms with E-state index in [0.29, 0.717) is 25.6 Å². The van der Waals surface area contributed by atoms with E-state index in [9.17, 15) is 13.2 Å². The molecule has 2 N–H and O–H groups in total. The van der Waals surface area contributed by atoms with Crippen LogP contribution in [0, 0.1) is 12.8 Å². The number of carbonyl (C=O) groups excluding carboxylic acids is 1. The maximum absolute atomic E-state index is 12.6. The quantitative estimate of drug-likeness (QED) is 0.767. The highest BCUT2D eigenvalue weighted by Gasteiger charge is 2.31. The van der Waals surface area contributed by atoms with Gasteiger partial charge in [0.25, 0.3) is 5.91 Å². The molecule has 0 radical (unpaired) electrons. The topological polar surface area (TPSA) is 91.6 Å². The monoisotopic (exact) mass is 391 g/mol. The van der Waals surface area contributed by atoms with E-state index in [2.05, 4.69) is 10.6 Å². The van der Waals surface area contributed by atoms with Gasteiger partial charge < -0.3 is 15.1 Å². The Morgan fingerprint density at radius 1 is 1.40 bits per heavy atom. The highest BCUT2D eigenvalue weighted by Crippen LogP contribution is 2.26. The molecule has 1 amide bonds. The van der Waals surface area contributed by atoms with Crippen LogP contribution in [-0.2, 0) is 10.0 Å². The van der Waals surface area contributed by atoms with Gasteiger partial charge in [-0.15, -0.1) is 12.4 Å². The fraction of sp³-hybridized carbons (Fsp3) is 0.688. The Kier molecular flexibility index (Phi) is 6.90. The van der Waals surface area contributed by atoms with Crippen LogP contribution in [0.15, 0.2) is 15.4 Å². The molecule has 2 aliphatic rings. The molecule has 142 valence electrons. The summed E-state index contributed by atoms with van der Waals surface area (Å²) in [6.07, 6.45) is 3.80. The molecule has 25 heavy (non-hydrogen) atoms. The number of rotatable bonds is 6. The third-order valence-electron chi connectivity index (χ3n) is 4.78. The summed E-state index contributed by atoms with van der Waals surface area (Å²) in [4.78, 5) is 12.3. The molecular weight excluding hydrogens is 366 g/mol. The minimum atomic E-state index is -3.56. The number of nitrogens with zero attached hydrogens (tertiary/aromatic N) is 1. The van der Waals surface area contributed by atoms with E-state index in [1.54, 1.807) is 6.92 Å². The zero-order valence-corrected chi connectivity index (χ0v) is 16.0. The van der Waals surface area contributed by atoms with Crippen LogP contribution in [-0.4, -0.2) is 51.4 Å². The molecule has 1 aromatic heterocycles. The van der Waals surface area contributed by atoms with Gasteiger partial charge in [-0.25, -0.2) is 8.42 Å². The molecule has 1 aromatic rings. The summed E-state index contributed by atoms with van der Waals surface area (Å²) in [6, 6.07) is 1.36. The van der Waals surface area contributed by atoms with Gasteiger partial charge in [0.2, 0.25) is 10.0 Å². The molecular formula is C16H26ClN3O4S. The first-order valence-electron chi connectivity index (χ1n) is 8.58. The van der Waals surface area contributed by atoms with Crippen LogP contribution in [0.25, 0.3) is 0 Å². The molecule has 0 bridgehead atoms. The molecule has 2 saturated heterocycles. The van der Waals surface area contributed by atoms with Crippen molar-refractivity contribution in [3.63, 3.8) is 0 Å². The molecule has 2 fully saturated rings. The van der Waals surface area contributed by atoms with Crippen LogP contribution < -0.4 is 10.6 Å². The number of amides is 1. The first-order chi connectivity index (χ1) is 11.5. The summed E-state index contributed by atoms with van der Waals surface area (Å²) in [7, 11) is -3.56. The first-order valence-corrected chi connectivity index (χ1v) is 10.0. The van der Waals surface area contributed by atoms with Gasteiger partial charge in [-0.3, -0.25) is 4.79 Å². The highest BCUT2D eigenvalue weighted by molar-refractivity contribution is 7.89. The zero-order valence-electron chi connectivity index (χ0n) is 14.4. The lowest BCUT2D eigenvalue weighted by molar-refractivity contribution is 0.0922. The van der Waals surface area contributed by atoms with E-state index in [-0.39, 0.29) is 34.7 Å². The van der Waals surface area contributed by atoms with Crippen molar-refractivity contribution in [2.45, 2.75) is 37.5 Å². The van der Waals surface area contributed by atoms with Crippen LogP contribution in [0.5, 0.6) is 0 Å². The zero-order chi connectivity index (χ0) is 17.2. The van der Waals surface area contributed by atoms with Crippen molar-refractivity contribution in [3.8, 4) is 0 Å². The Balaban J connectivity index is 0.00000225. The Morgan fingerprint density at radius 2 is 2.12 bits per heavy atom. The lowest BCUT2D eigenvalue weighted by Gasteiger charge is -2.14. The van der Waals surface area contributed by atoms with Gasteiger partial charge in [-0.1, -0.05) is 0 Å². The molecule has 0 aliphatic carbocycles. The number of aryl methyl sites for hydroxylation is 1. The number of furan rings is 1. The molecule has 0 spiro atoms. The third-order valence-corrected chi connectivity index (χ3v) is 6.79. The average molecular weight is 392 g/mol. The van der Waals surface area contributed by atoms with E-state index in [1.807, 2.05) is 0 Å². The second-order valence-electron chi connectivity index (χ2n) is 6.55. The molecule has 1 atom stereocenters. The van der Waals surface area contributed by atoms with Crippen LogP contribution in [0.3, 0.4) is 0 Å². The van der Waals surface area contributed by atoms with Crippen LogP contribution in [0.1, 0.15) is 42.0 Å². The summed E-state index contributed by atoms with van der Waals surface area (Å²) in [5, 5.41) is 6.11. The average Bonchev–Trinajstić information content (AvgIpc) is 3.28. The number of hydrogen-bond acceptors (Lipinski definition) is 5. The Labute approximate surface area is 155 Å². The van der Waals surface area contributed by atoms with Gasteiger partial charge in [0.05, 0.1) is 0 Å². The number of hydrogen-bond donors (Lipinski definition) is 2. The van der Waals surface area contributed by atoms with Crippen LogP contribution in [0.4, 0.5) is 0 Å². The number of halogens is 1. The maximum Gasteiger partial charge on any atom is 0.287 e. The Morgan fingerprint density at radius 3 is 2.76 bits per heavy atom. The predicted molar refractivity (Wildman–Crippen MR) is 96.6 cm³/mol. The largest absolute Gasteiger partial charge is 0.455 e. The van der Waals surface area contributed by atoms with Gasteiger partial charge in [0.1, 0.15) is 10.7 Å². The van der Waals surface area contributed by atoms with E-state index in [4.69, 9.17) is 4.42 Å². The van der Waals surface area contributed by atoms with Crippen LogP contribution >= 0.6 is 12.4 Å². The molecule has 7 nitrogen and oxygen atoms in total. The SMILES string of the molecule is Cc1oc(C(=O)NCCC2CCNC2)cc1S(=O)(=O)N1CCCC1.Cl. The molecule has 1 unspecified atom stereocenters. The fourth-order valence-corrected chi connectivity index (χ4v) is 5.02. The standard InChI is InChI=1S/C16H25N3O4S.ClH/c1-12-15(24(21,22)19-8-2-3-9-19)10-14(23-12)16(20)18-7-5-13-4-6-17-11-13;/h10,13,17H,2-9,11H2,1H3,(H,18,20);1H. The third kappa shape index (κ3) is 4.55. The fourth-order valence-electron chi connectivity index (χ4n) is 3.34. The molecule has 0 saturated carbocycles. The second kappa shape index (κ2) is 8.53. The highest BCUT2D eigenvalue weighted by atomic mass is 35.5. The van der Waals surface area contributed by atoms with Crippen LogP contribution in [0.2, 0.25) is 0 Å². The number of sulfonamides is 1. The molecule has 9 heteroatoms. The van der Waals surface area contributed by atoms with E-state index >= 15 is 0 Å². The van der Waals surface area contributed by atoms with Gasteiger partial charge in [-0.05, 0) is 51.6 Å². The van der Waals surface area contributed by atoms with Crippen molar-refractivity contribution in [2.24, 2.45) is 5.92 Å². The van der Waals surface area contributed by atoms with Crippen molar-refractivity contribution >= 4 is 28.3 Å². The lowest BCUT2D eigenvalue weighted by Crippen LogP contribution is -2.28. The van der Waals surface area contributed by atoms with E-state index < -0.39 is 10.0 Å². The van der Waals surface area contributed by atoms with Crippen molar-refractivity contribution in [2.75, 3.05) is 32.7 Å². The van der Waals surface area contributed by atoms with E-state index in [1.165, 1.54) is 10.4 Å². The summed E-state index contributed by atoms with van der Waals surface area (Å²) in [6.45, 7) is 5.25. The van der Waals surface area contributed by atoms with Gasteiger partial charge in [0.15, 0.2) is 5.76 Å².